The second kappa shape index (κ2) is 6.05. The first-order valence-corrected chi connectivity index (χ1v) is 8.54. The maximum atomic E-state index is 10.3. The monoisotopic (exact) mass is 335 g/mol. The molecule has 1 aliphatic carbocycles. The van der Waals surface area contributed by atoms with Gasteiger partial charge in [-0.1, -0.05) is 35.5 Å². The first-order valence-electron chi connectivity index (χ1n) is 8.54. The molecular weight excluding hydrogens is 314 g/mol. The number of hydrogen-bond donors (Lipinski definition) is 1. The summed E-state index contributed by atoms with van der Waals surface area (Å²) in [4.78, 5) is 0. The molecule has 0 radical (unpaired) electrons. The Kier molecular flexibility index (Phi) is 3.85. The summed E-state index contributed by atoms with van der Waals surface area (Å²) < 4.78 is 11.1. The number of benzene rings is 2. The molecule has 1 aromatic heterocycles. The van der Waals surface area contributed by atoms with Crippen molar-refractivity contribution in [1.29, 1.82) is 0 Å². The third-order valence-electron chi connectivity index (χ3n) is 5.16. The number of ether oxygens (including phenoxy) is 1. The van der Waals surface area contributed by atoms with Gasteiger partial charge in [-0.3, -0.25) is 0 Å². The third kappa shape index (κ3) is 2.63. The Morgan fingerprint density at radius 1 is 1.04 bits per heavy atom. The van der Waals surface area contributed by atoms with E-state index in [0.717, 1.165) is 46.7 Å². The van der Waals surface area contributed by atoms with Crippen LogP contribution in [0.1, 0.15) is 25.5 Å². The minimum atomic E-state index is -0.466. The van der Waals surface area contributed by atoms with Gasteiger partial charge in [0, 0.05) is 5.56 Å². The zero-order chi connectivity index (χ0) is 17.4. The molecule has 128 valence electrons. The molecular formula is C21H21NO3. The molecule has 0 amide bonds. The van der Waals surface area contributed by atoms with Gasteiger partial charge in [-0.15, -0.1) is 0 Å². The van der Waals surface area contributed by atoms with Crippen LogP contribution in [-0.4, -0.2) is 23.5 Å². The Morgan fingerprint density at radius 2 is 1.72 bits per heavy atom. The minimum absolute atomic E-state index is 0.317. The molecule has 0 spiro atoms. The molecule has 1 N–H and O–H groups in total. The largest absolute Gasteiger partial charge is 0.497 e. The van der Waals surface area contributed by atoms with E-state index in [4.69, 9.17) is 9.26 Å². The molecule has 4 nitrogen and oxygen atoms in total. The molecule has 25 heavy (non-hydrogen) atoms. The molecule has 3 aromatic rings. The zero-order valence-electron chi connectivity index (χ0n) is 14.4. The number of hydrogen-bond acceptors (Lipinski definition) is 4. The Hall–Kier alpha value is -2.59. The van der Waals surface area contributed by atoms with Gasteiger partial charge in [-0.05, 0) is 49.6 Å². The fraction of sp³-hybridized carbons (Fsp3) is 0.286. The van der Waals surface area contributed by atoms with Crippen molar-refractivity contribution in [3.05, 3.63) is 60.4 Å². The topological polar surface area (TPSA) is 55.5 Å². The molecule has 1 unspecified atom stereocenters. The van der Waals surface area contributed by atoms with Crippen LogP contribution < -0.4 is 4.74 Å². The van der Waals surface area contributed by atoms with Gasteiger partial charge >= 0.3 is 0 Å². The molecule has 1 fully saturated rings. The van der Waals surface area contributed by atoms with Crippen molar-refractivity contribution >= 4 is 0 Å². The Balaban J connectivity index is 1.89. The summed E-state index contributed by atoms with van der Waals surface area (Å²) in [5, 5.41) is 14.7. The summed E-state index contributed by atoms with van der Waals surface area (Å²) in [5.74, 6) is 1.59. The van der Waals surface area contributed by atoms with Crippen molar-refractivity contribution in [2.75, 3.05) is 7.11 Å². The maximum absolute atomic E-state index is 10.3. The summed E-state index contributed by atoms with van der Waals surface area (Å²) in [6, 6.07) is 17.9. The van der Waals surface area contributed by atoms with E-state index in [0.29, 0.717) is 0 Å². The van der Waals surface area contributed by atoms with E-state index < -0.39 is 6.10 Å². The molecule has 4 rings (SSSR count). The van der Waals surface area contributed by atoms with E-state index in [1.165, 1.54) is 0 Å². The zero-order valence-corrected chi connectivity index (χ0v) is 14.4. The lowest BCUT2D eigenvalue weighted by Crippen LogP contribution is -2.22. The van der Waals surface area contributed by atoms with E-state index in [2.05, 4.69) is 17.3 Å². The number of nitrogens with zero attached hydrogens (tertiary/aromatic N) is 1. The SMILES string of the molecule is COc1ccc(-c2noc(C3(C(C)O)CC3)c2-c2ccccc2)cc1. The van der Waals surface area contributed by atoms with E-state index in [9.17, 15) is 5.11 Å². The van der Waals surface area contributed by atoms with Crippen LogP contribution >= 0.6 is 0 Å². The first kappa shape index (κ1) is 15.9. The summed E-state index contributed by atoms with van der Waals surface area (Å²) in [6.07, 6.45) is 1.37. The lowest BCUT2D eigenvalue weighted by Gasteiger charge is -2.17. The Labute approximate surface area is 147 Å². The molecule has 1 atom stereocenters. The number of methoxy groups -OCH3 is 1. The second-order valence-electron chi connectivity index (χ2n) is 6.66. The molecule has 0 aliphatic heterocycles. The van der Waals surface area contributed by atoms with Crippen LogP contribution in [0.2, 0.25) is 0 Å². The Morgan fingerprint density at radius 3 is 2.28 bits per heavy atom. The predicted octanol–water partition coefficient (Wildman–Crippen LogP) is 4.43. The van der Waals surface area contributed by atoms with Crippen LogP contribution in [0.4, 0.5) is 0 Å². The van der Waals surface area contributed by atoms with Crippen LogP contribution in [0.3, 0.4) is 0 Å². The van der Waals surface area contributed by atoms with Crippen molar-refractivity contribution in [2.24, 2.45) is 0 Å². The summed E-state index contributed by atoms with van der Waals surface area (Å²) >= 11 is 0. The van der Waals surface area contributed by atoms with Gasteiger partial charge in [0.1, 0.15) is 11.4 Å². The highest BCUT2D eigenvalue weighted by Crippen LogP contribution is 2.55. The van der Waals surface area contributed by atoms with Gasteiger partial charge in [0.25, 0.3) is 0 Å². The predicted molar refractivity (Wildman–Crippen MR) is 96.5 cm³/mol. The van der Waals surface area contributed by atoms with Crippen molar-refractivity contribution in [3.63, 3.8) is 0 Å². The van der Waals surface area contributed by atoms with Gasteiger partial charge in [0.05, 0.1) is 24.2 Å². The highest BCUT2D eigenvalue weighted by atomic mass is 16.5. The van der Waals surface area contributed by atoms with E-state index >= 15 is 0 Å². The molecule has 2 aromatic carbocycles. The normalized spacial score (nSPS) is 16.4. The lowest BCUT2D eigenvalue weighted by atomic mass is 9.89. The summed E-state index contributed by atoms with van der Waals surface area (Å²) in [7, 11) is 1.65. The number of aromatic nitrogens is 1. The van der Waals surface area contributed by atoms with Gasteiger partial charge in [0.15, 0.2) is 5.76 Å². The average Bonchev–Trinajstić information content (AvgIpc) is 3.35. The molecule has 0 bridgehead atoms. The fourth-order valence-electron chi connectivity index (χ4n) is 3.42. The van der Waals surface area contributed by atoms with Crippen LogP contribution in [0.15, 0.2) is 59.1 Å². The third-order valence-corrected chi connectivity index (χ3v) is 5.16. The second-order valence-corrected chi connectivity index (χ2v) is 6.66. The van der Waals surface area contributed by atoms with E-state index in [1.54, 1.807) is 7.11 Å². The van der Waals surface area contributed by atoms with E-state index in [-0.39, 0.29) is 5.41 Å². The molecule has 1 aliphatic rings. The van der Waals surface area contributed by atoms with Gasteiger partial charge in [-0.25, -0.2) is 0 Å². The number of rotatable bonds is 5. The van der Waals surface area contributed by atoms with Crippen molar-refractivity contribution < 1.29 is 14.4 Å². The van der Waals surface area contributed by atoms with Crippen LogP contribution in [0, 0.1) is 0 Å². The smallest absolute Gasteiger partial charge is 0.153 e. The maximum Gasteiger partial charge on any atom is 0.153 e. The van der Waals surface area contributed by atoms with Gasteiger partial charge < -0.3 is 14.4 Å². The standard InChI is InChI=1S/C21H21NO3/c1-14(23)21(12-13-21)20-18(15-6-4-3-5-7-15)19(22-25-20)16-8-10-17(24-2)11-9-16/h3-11,14,23H,12-13H2,1-2H3. The lowest BCUT2D eigenvalue weighted by molar-refractivity contribution is 0.134. The Bertz CT molecular complexity index is 862. The molecule has 1 heterocycles. The van der Waals surface area contributed by atoms with E-state index in [1.807, 2.05) is 49.4 Å². The summed E-state index contributed by atoms with van der Waals surface area (Å²) in [5.41, 5.74) is 3.48. The summed E-state index contributed by atoms with van der Waals surface area (Å²) in [6.45, 7) is 1.83. The van der Waals surface area contributed by atoms with Crippen LogP contribution in [0.5, 0.6) is 5.75 Å². The number of aliphatic hydroxyl groups is 1. The molecule has 4 heteroatoms. The van der Waals surface area contributed by atoms with Crippen LogP contribution in [-0.2, 0) is 5.41 Å². The quantitative estimate of drug-likeness (QED) is 0.749. The molecule has 1 saturated carbocycles. The minimum Gasteiger partial charge on any atom is -0.497 e. The highest BCUT2D eigenvalue weighted by molar-refractivity contribution is 5.83. The first-order chi connectivity index (χ1) is 12.2. The fourth-order valence-corrected chi connectivity index (χ4v) is 3.42. The van der Waals surface area contributed by atoms with Crippen molar-refractivity contribution in [2.45, 2.75) is 31.3 Å². The van der Waals surface area contributed by atoms with Crippen LogP contribution in [0.25, 0.3) is 22.4 Å². The van der Waals surface area contributed by atoms with Gasteiger partial charge in [0.2, 0.25) is 0 Å². The average molecular weight is 335 g/mol. The molecule has 0 saturated heterocycles. The van der Waals surface area contributed by atoms with Gasteiger partial charge in [-0.2, -0.15) is 0 Å². The highest BCUT2D eigenvalue weighted by Gasteiger charge is 2.53. The van der Waals surface area contributed by atoms with Crippen molar-refractivity contribution in [1.82, 2.24) is 5.16 Å². The number of aliphatic hydroxyl groups excluding tert-OH is 1. The van der Waals surface area contributed by atoms with Crippen molar-refractivity contribution in [3.8, 4) is 28.1 Å².